The molecule has 0 spiro atoms. The molecular formula is C14H14F5NO4S. The summed E-state index contributed by atoms with van der Waals surface area (Å²) in [6.07, 6.45) is -9.39. The van der Waals surface area contributed by atoms with Crippen molar-refractivity contribution >= 4 is 21.7 Å². The first-order chi connectivity index (χ1) is 11.3. The van der Waals surface area contributed by atoms with E-state index in [0.29, 0.717) is 0 Å². The zero-order valence-corrected chi connectivity index (χ0v) is 13.6. The summed E-state index contributed by atoms with van der Waals surface area (Å²) in [4.78, 5) is 11.5. The van der Waals surface area contributed by atoms with Crippen LogP contribution < -0.4 is 5.32 Å². The Bertz CT molecular complexity index is 731. The second-order valence-electron chi connectivity index (χ2n) is 5.08. The molecular weight excluding hydrogens is 373 g/mol. The van der Waals surface area contributed by atoms with E-state index < -0.39 is 40.0 Å². The fourth-order valence-electron chi connectivity index (χ4n) is 1.57. The van der Waals surface area contributed by atoms with E-state index in [1.807, 2.05) is 0 Å². The highest BCUT2D eigenvalue weighted by Crippen LogP contribution is 2.33. The first-order valence-electron chi connectivity index (χ1n) is 6.65. The van der Waals surface area contributed by atoms with Crippen molar-refractivity contribution in [3.63, 3.8) is 0 Å². The van der Waals surface area contributed by atoms with Gasteiger partial charge in [0.25, 0.3) is 0 Å². The van der Waals surface area contributed by atoms with Crippen LogP contribution in [-0.4, -0.2) is 31.9 Å². The van der Waals surface area contributed by atoms with Crippen LogP contribution >= 0.6 is 0 Å². The van der Waals surface area contributed by atoms with Crippen LogP contribution in [0.3, 0.4) is 0 Å². The van der Waals surface area contributed by atoms with Crippen molar-refractivity contribution < 1.29 is 39.3 Å². The Kier molecular flexibility index (Phi) is 6.29. The standard InChI is InChI=1S/C14H14F5NO4S/c1-9(2)8-11(13(15,16)17)24-25(22,23)14(18,19)12(21)20-10-6-4-3-5-7-10/h3-7,11H,1,8H2,2H3,(H,20,21). The van der Waals surface area contributed by atoms with Crippen LogP contribution in [-0.2, 0) is 19.1 Å². The highest BCUT2D eigenvalue weighted by Gasteiger charge is 2.57. The van der Waals surface area contributed by atoms with Gasteiger partial charge in [0, 0.05) is 12.1 Å². The smallest absolute Gasteiger partial charge is 0.320 e. The fraction of sp³-hybridized carbons (Fsp3) is 0.357. The van der Waals surface area contributed by atoms with Crippen LogP contribution in [0.4, 0.5) is 27.6 Å². The molecule has 0 saturated heterocycles. The first-order valence-corrected chi connectivity index (χ1v) is 8.06. The van der Waals surface area contributed by atoms with Crippen molar-refractivity contribution in [2.45, 2.75) is 30.9 Å². The molecule has 1 N–H and O–H groups in total. The second-order valence-corrected chi connectivity index (χ2v) is 6.69. The zero-order chi connectivity index (χ0) is 19.5. The van der Waals surface area contributed by atoms with Crippen molar-refractivity contribution in [3.8, 4) is 0 Å². The minimum absolute atomic E-state index is 0.144. The molecule has 25 heavy (non-hydrogen) atoms. The number of hydrogen-bond acceptors (Lipinski definition) is 4. The molecule has 140 valence electrons. The fourth-order valence-corrected chi connectivity index (χ4v) is 2.45. The molecule has 0 bridgehead atoms. The quantitative estimate of drug-likeness (QED) is 0.442. The molecule has 1 atom stereocenters. The van der Waals surface area contributed by atoms with Crippen LogP contribution in [0.25, 0.3) is 0 Å². The van der Waals surface area contributed by atoms with Crippen molar-refractivity contribution in [1.82, 2.24) is 0 Å². The predicted molar refractivity (Wildman–Crippen MR) is 79.3 cm³/mol. The third-order valence-electron chi connectivity index (χ3n) is 2.75. The Labute approximate surface area is 140 Å². The molecule has 0 aliphatic heterocycles. The monoisotopic (exact) mass is 387 g/mol. The van der Waals surface area contributed by atoms with Gasteiger partial charge in [-0.05, 0) is 19.1 Å². The summed E-state index contributed by atoms with van der Waals surface area (Å²) in [5, 5.41) is -3.64. The molecule has 1 aromatic carbocycles. The van der Waals surface area contributed by atoms with E-state index in [4.69, 9.17) is 0 Å². The molecule has 0 saturated carbocycles. The summed E-state index contributed by atoms with van der Waals surface area (Å²) >= 11 is 0. The number of benzene rings is 1. The van der Waals surface area contributed by atoms with Gasteiger partial charge in [0.1, 0.15) is 0 Å². The van der Waals surface area contributed by atoms with Crippen LogP contribution in [0.5, 0.6) is 0 Å². The topological polar surface area (TPSA) is 72.5 Å². The predicted octanol–water partition coefficient (Wildman–Crippen LogP) is 3.46. The average Bonchev–Trinajstić information content (AvgIpc) is 2.45. The Morgan fingerprint density at radius 3 is 2.16 bits per heavy atom. The SMILES string of the molecule is C=C(C)CC(OS(=O)(=O)C(F)(F)C(=O)Nc1ccccc1)C(F)(F)F. The molecule has 1 rings (SSSR count). The summed E-state index contributed by atoms with van der Waals surface area (Å²) in [5.74, 6) is -2.34. The van der Waals surface area contributed by atoms with Gasteiger partial charge in [-0.15, -0.1) is 6.58 Å². The number of hydrogen-bond donors (Lipinski definition) is 1. The maximum Gasteiger partial charge on any atom is 0.447 e. The van der Waals surface area contributed by atoms with E-state index in [1.54, 1.807) is 5.32 Å². The molecule has 1 amide bonds. The maximum absolute atomic E-state index is 13.9. The summed E-state index contributed by atoms with van der Waals surface area (Å²) in [5.41, 5.74) is -0.314. The highest BCUT2D eigenvalue weighted by molar-refractivity contribution is 7.88. The molecule has 1 aromatic rings. The molecule has 0 aliphatic rings. The summed E-state index contributed by atoms with van der Waals surface area (Å²) < 4.78 is 92.7. The number of halogens is 5. The van der Waals surface area contributed by atoms with Crippen LogP contribution in [0.1, 0.15) is 13.3 Å². The van der Waals surface area contributed by atoms with E-state index in [-0.39, 0.29) is 11.3 Å². The van der Waals surface area contributed by atoms with E-state index in [2.05, 4.69) is 10.8 Å². The maximum atomic E-state index is 13.9. The zero-order valence-electron chi connectivity index (χ0n) is 12.8. The van der Waals surface area contributed by atoms with E-state index in [0.717, 1.165) is 6.92 Å². The lowest BCUT2D eigenvalue weighted by Gasteiger charge is -2.23. The number of anilines is 1. The van der Waals surface area contributed by atoms with Gasteiger partial charge in [-0.3, -0.25) is 8.98 Å². The highest BCUT2D eigenvalue weighted by atomic mass is 32.2. The van der Waals surface area contributed by atoms with E-state index in [9.17, 15) is 35.2 Å². The number of carbonyl (C=O) groups excluding carboxylic acids is 1. The third-order valence-corrected chi connectivity index (χ3v) is 4.05. The normalized spacial score (nSPS) is 14.0. The van der Waals surface area contributed by atoms with Crippen LogP contribution in [0.15, 0.2) is 42.5 Å². The first kappa shape index (κ1) is 21.0. The van der Waals surface area contributed by atoms with Gasteiger partial charge >= 0.3 is 27.5 Å². The molecule has 1 unspecified atom stereocenters. The van der Waals surface area contributed by atoms with E-state index >= 15 is 0 Å². The van der Waals surface area contributed by atoms with Gasteiger partial charge in [0.2, 0.25) is 0 Å². The van der Waals surface area contributed by atoms with Crippen molar-refractivity contribution in [2.24, 2.45) is 0 Å². The van der Waals surface area contributed by atoms with Gasteiger partial charge in [-0.25, -0.2) is 0 Å². The lowest BCUT2D eigenvalue weighted by atomic mass is 10.1. The Hall–Kier alpha value is -2.01. The van der Waals surface area contributed by atoms with Crippen molar-refractivity contribution in [3.05, 3.63) is 42.5 Å². The number of carbonyl (C=O) groups is 1. The molecule has 0 aliphatic carbocycles. The number of nitrogens with one attached hydrogen (secondary N) is 1. The van der Waals surface area contributed by atoms with Crippen molar-refractivity contribution in [1.29, 1.82) is 0 Å². The van der Waals surface area contributed by atoms with Crippen LogP contribution in [0, 0.1) is 0 Å². The number of alkyl halides is 5. The van der Waals surface area contributed by atoms with Gasteiger partial charge in [0.15, 0.2) is 6.10 Å². The average molecular weight is 387 g/mol. The molecule has 5 nitrogen and oxygen atoms in total. The lowest BCUT2D eigenvalue weighted by Crippen LogP contribution is -2.46. The molecule has 0 radical (unpaired) electrons. The summed E-state index contributed by atoms with van der Waals surface area (Å²) in [6, 6.07) is 6.60. The third kappa shape index (κ3) is 5.49. The largest absolute Gasteiger partial charge is 0.447 e. The molecule has 0 fully saturated rings. The Balaban J connectivity index is 3.04. The van der Waals surface area contributed by atoms with Gasteiger partial charge in [0.05, 0.1) is 0 Å². The van der Waals surface area contributed by atoms with Crippen LogP contribution in [0.2, 0.25) is 0 Å². The lowest BCUT2D eigenvalue weighted by molar-refractivity contribution is -0.195. The number of amides is 1. The van der Waals surface area contributed by atoms with E-state index in [1.165, 1.54) is 30.3 Å². The molecule has 0 aromatic heterocycles. The Morgan fingerprint density at radius 2 is 1.72 bits per heavy atom. The van der Waals surface area contributed by atoms with Gasteiger partial charge in [-0.1, -0.05) is 23.8 Å². The van der Waals surface area contributed by atoms with Crippen molar-refractivity contribution in [2.75, 3.05) is 5.32 Å². The Morgan fingerprint density at radius 1 is 1.20 bits per heavy atom. The number of para-hydroxylation sites is 1. The minimum atomic E-state index is -6.21. The number of rotatable bonds is 7. The second kappa shape index (κ2) is 7.48. The minimum Gasteiger partial charge on any atom is -0.320 e. The van der Waals surface area contributed by atoms with Gasteiger partial charge in [-0.2, -0.15) is 30.4 Å². The van der Waals surface area contributed by atoms with Gasteiger partial charge < -0.3 is 5.32 Å². The summed E-state index contributed by atoms with van der Waals surface area (Å²) in [6.45, 7) is 4.28. The molecule has 0 heterocycles. The molecule has 11 heteroatoms. The summed E-state index contributed by atoms with van der Waals surface area (Å²) in [7, 11) is -6.21.